The van der Waals surface area contributed by atoms with Gasteiger partial charge >= 0.3 is 0 Å². The number of anilines is 3. The van der Waals surface area contributed by atoms with Crippen molar-refractivity contribution < 1.29 is 9.53 Å². The molecular formula is C25H26N8O2. The molecule has 1 aliphatic rings. The Bertz CT molecular complexity index is 1330. The van der Waals surface area contributed by atoms with E-state index < -0.39 is 0 Å². The number of rotatable bonds is 6. The Hall–Kier alpha value is -4.31. The fourth-order valence-corrected chi connectivity index (χ4v) is 3.96. The monoisotopic (exact) mass is 470 g/mol. The van der Waals surface area contributed by atoms with Crippen molar-refractivity contribution in [3.8, 4) is 22.5 Å². The largest absolute Gasteiger partial charge is 0.378 e. The van der Waals surface area contributed by atoms with Crippen LogP contribution < -0.4 is 15.5 Å². The van der Waals surface area contributed by atoms with Crippen LogP contribution in [0.1, 0.15) is 10.4 Å². The van der Waals surface area contributed by atoms with E-state index in [1.165, 1.54) is 0 Å². The summed E-state index contributed by atoms with van der Waals surface area (Å²) in [6, 6.07) is 13.5. The Kier molecular flexibility index (Phi) is 6.36. The summed E-state index contributed by atoms with van der Waals surface area (Å²) >= 11 is 0. The minimum Gasteiger partial charge on any atom is -0.378 e. The Morgan fingerprint density at radius 3 is 2.51 bits per heavy atom. The van der Waals surface area contributed by atoms with Gasteiger partial charge in [-0.25, -0.2) is 4.98 Å². The summed E-state index contributed by atoms with van der Waals surface area (Å²) in [4.78, 5) is 29.0. The van der Waals surface area contributed by atoms with Crippen LogP contribution in [0.25, 0.3) is 22.5 Å². The highest BCUT2D eigenvalue weighted by Crippen LogP contribution is 2.33. The number of pyridine rings is 1. The molecule has 2 N–H and O–H groups in total. The van der Waals surface area contributed by atoms with Crippen molar-refractivity contribution in [1.29, 1.82) is 0 Å². The lowest BCUT2D eigenvalue weighted by atomic mass is 10.0. The number of hydrogen-bond acceptors (Lipinski definition) is 8. The molecular weight excluding hydrogens is 444 g/mol. The van der Waals surface area contributed by atoms with Crippen LogP contribution in [0.15, 0.2) is 61.1 Å². The van der Waals surface area contributed by atoms with Gasteiger partial charge in [-0.05, 0) is 24.3 Å². The van der Waals surface area contributed by atoms with Crippen molar-refractivity contribution in [3.63, 3.8) is 0 Å². The van der Waals surface area contributed by atoms with Crippen molar-refractivity contribution >= 4 is 23.4 Å². The van der Waals surface area contributed by atoms with Gasteiger partial charge in [-0.15, -0.1) is 0 Å². The maximum absolute atomic E-state index is 13.2. The molecule has 0 radical (unpaired) electrons. The third-order valence-corrected chi connectivity index (χ3v) is 5.73. The Morgan fingerprint density at radius 2 is 1.80 bits per heavy atom. The summed E-state index contributed by atoms with van der Waals surface area (Å²) in [7, 11) is 3.48. The first-order valence-electron chi connectivity index (χ1n) is 11.4. The highest BCUT2D eigenvalue weighted by atomic mass is 16.5. The van der Waals surface area contributed by atoms with Gasteiger partial charge in [0.15, 0.2) is 0 Å². The van der Waals surface area contributed by atoms with Crippen LogP contribution in [-0.4, -0.2) is 64.0 Å². The summed E-state index contributed by atoms with van der Waals surface area (Å²) in [5.74, 6) is 0.675. The number of ether oxygens (including phenoxy) is 1. The smallest absolute Gasteiger partial charge is 0.257 e. The molecule has 1 fully saturated rings. The molecule has 0 saturated carbocycles. The summed E-state index contributed by atoms with van der Waals surface area (Å²) in [5, 5.41) is 10.6. The Labute approximate surface area is 203 Å². The molecule has 0 bridgehead atoms. The Morgan fingerprint density at radius 1 is 1.03 bits per heavy atom. The molecule has 10 heteroatoms. The van der Waals surface area contributed by atoms with Gasteiger partial charge in [-0.1, -0.05) is 18.2 Å². The van der Waals surface area contributed by atoms with Crippen molar-refractivity contribution in [2.75, 3.05) is 43.6 Å². The first-order chi connectivity index (χ1) is 17.1. The second-order valence-electron chi connectivity index (χ2n) is 8.09. The quantitative estimate of drug-likeness (QED) is 0.443. The zero-order chi connectivity index (χ0) is 24.2. The van der Waals surface area contributed by atoms with Gasteiger partial charge in [0.2, 0.25) is 5.95 Å². The van der Waals surface area contributed by atoms with Crippen molar-refractivity contribution in [3.05, 3.63) is 66.6 Å². The molecule has 10 nitrogen and oxygen atoms in total. The van der Waals surface area contributed by atoms with E-state index in [0.29, 0.717) is 49.3 Å². The fourth-order valence-electron chi connectivity index (χ4n) is 3.96. The molecule has 1 aromatic carbocycles. The number of aryl methyl sites for hydroxylation is 1. The van der Waals surface area contributed by atoms with Crippen LogP contribution in [0.4, 0.5) is 17.5 Å². The summed E-state index contributed by atoms with van der Waals surface area (Å²) in [6.07, 6.45) is 5.27. The van der Waals surface area contributed by atoms with Gasteiger partial charge in [0, 0.05) is 62.6 Å². The predicted molar refractivity (Wildman–Crippen MR) is 134 cm³/mol. The van der Waals surface area contributed by atoms with Crippen LogP contribution >= 0.6 is 0 Å². The van der Waals surface area contributed by atoms with E-state index in [-0.39, 0.29) is 5.91 Å². The molecule has 4 heterocycles. The molecule has 0 aliphatic carbocycles. The van der Waals surface area contributed by atoms with E-state index in [9.17, 15) is 4.79 Å². The van der Waals surface area contributed by atoms with E-state index >= 15 is 0 Å². The number of amides is 1. The summed E-state index contributed by atoms with van der Waals surface area (Å²) in [6.45, 7) is 2.53. The normalized spacial score (nSPS) is 13.5. The predicted octanol–water partition coefficient (Wildman–Crippen LogP) is 2.88. The van der Waals surface area contributed by atoms with E-state index in [2.05, 4.69) is 25.6 Å². The number of aromatic nitrogens is 5. The van der Waals surface area contributed by atoms with E-state index in [1.54, 1.807) is 24.1 Å². The number of carbonyl (C=O) groups excluding carboxylic acids is 1. The van der Waals surface area contributed by atoms with E-state index in [4.69, 9.17) is 14.7 Å². The van der Waals surface area contributed by atoms with Gasteiger partial charge in [0.05, 0.1) is 24.6 Å². The molecule has 35 heavy (non-hydrogen) atoms. The first-order valence-corrected chi connectivity index (χ1v) is 11.4. The molecule has 0 unspecified atom stereocenters. The highest BCUT2D eigenvalue weighted by Gasteiger charge is 2.25. The summed E-state index contributed by atoms with van der Waals surface area (Å²) in [5.41, 5.74) is 4.23. The SMILES string of the molecule is CNC(=O)c1c(Nc2ccncc2)nc(N2CCOCC2)nc1-c1cccc(-c2ccn(C)n2)c1. The maximum Gasteiger partial charge on any atom is 0.257 e. The maximum atomic E-state index is 13.2. The van der Waals surface area contributed by atoms with Gasteiger partial charge in [-0.3, -0.25) is 14.5 Å². The zero-order valence-corrected chi connectivity index (χ0v) is 19.6. The zero-order valence-electron chi connectivity index (χ0n) is 19.6. The van der Waals surface area contributed by atoms with Crippen LogP contribution in [-0.2, 0) is 11.8 Å². The molecule has 3 aromatic heterocycles. The number of benzene rings is 1. The topological polar surface area (TPSA) is 110 Å². The Balaban J connectivity index is 1.68. The fraction of sp³-hybridized carbons (Fsp3) is 0.240. The second-order valence-corrected chi connectivity index (χ2v) is 8.09. The molecule has 1 aliphatic heterocycles. The van der Waals surface area contributed by atoms with Crippen LogP contribution in [0.3, 0.4) is 0 Å². The number of carbonyl (C=O) groups is 1. The van der Waals surface area contributed by atoms with Gasteiger partial charge < -0.3 is 20.3 Å². The lowest BCUT2D eigenvalue weighted by Gasteiger charge is -2.28. The molecule has 5 rings (SSSR count). The lowest BCUT2D eigenvalue weighted by molar-refractivity contribution is 0.0964. The minimum atomic E-state index is -0.284. The van der Waals surface area contributed by atoms with E-state index in [1.807, 2.05) is 55.7 Å². The third kappa shape index (κ3) is 4.82. The molecule has 0 spiro atoms. The van der Waals surface area contributed by atoms with Crippen molar-refractivity contribution in [2.24, 2.45) is 7.05 Å². The third-order valence-electron chi connectivity index (χ3n) is 5.73. The average Bonchev–Trinajstić information content (AvgIpc) is 3.35. The summed E-state index contributed by atoms with van der Waals surface area (Å²) < 4.78 is 7.28. The minimum absolute atomic E-state index is 0.284. The number of hydrogen-bond donors (Lipinski definition) is 2. The number of nitrogens with zero attached hydrogens (tertiary/aromatic N) is 6. The standard InChI is InChI=1S/C25H26N8O2/c1-26-24(34)21-22(18-5-3-4-17(16-18)20-8-11-32(2)31-20)29-25(33-12-14-35-15-13-33)30-23(21)28-19-6-9-27-10-7-19/h3-11,16H,12-15H2,1-2H3,(H,26,34)(H,27,28,29,30). The molecule has 4 aromatic rings. The second kappa shape index (κ2) is 9.90. The van der Waals surface area contributed by atoms with E-state index in [0.717, 1.165) is 22.5 Å². The number of morpholine rings is 1. The van der Waals surface area contributed by atoms with Crippen molar-refractivity contribution in [1.82, 2.24) is 30.0 Å². The lowest BCUT2D eigenvalue weighted by Crippen LogP contribution is -2.37. The van der Waals surface area contributed by atoms with Crippen LogP contribution in [0.2, 0.25) is 0 Å². The molecule has 0 atom stereocenters. The highest BCUT2D eigenvalue weighted by molar-refractivity contribution is 6.05. The van der Waals surface area contributed by atoms with Crippen molar-refractivity contribution in [2.45, 2.75) is 0 Å². The molecule has 178 valence electrons. The van der Waals surface area contributed by atoms with Gasteiger partial charge in [0.1, 0.15) is 11.4 Å². The average molecular weight is 471 g/mol. The first kappa shape index (κ1) is 22.5. The van der Waals surface area contributed by atoms with Crippen LogP contribution in [0.5, 0.6) is 0 Å². The van der Waals surface area contributed by atoms with Gasteiger partial charge in [0.25, 0.3) is 5.91 Å². The molecule has 1 saturated heterocycles. The molecule has 1 amide bonds. The van der Waals surface area contributed by atoms with Crippen LogP contribution in [0, 0.1) is 0 Å². The van der Waals surface area contributed by atoms with Gasteiger partial charge in [-0.2, -0.15) is 10.1 Å². The number of nitrogens with one attached hydrogen (secondary N) is 2.